The molecule has 0 fully saturated rings. The molecule has 3 rings (SSSR count). The number of rotatable bonds is 4. The van der Waals surface area contributed by atoms with E-state index in [-0.39, 0.29) is 12.2 Å². The minimum Gasteiger partial charge on any atom is -0.422 e. The van der Waals surface area contributed by atoms with Crippen LogP contribution in [0.15, 0.2) is 45.6 Å². The highest BCUT2D eigenvalue weighted by molar-refractivity contribution is 6.33. The van der Waals surface area contributed by atoms with Crippen molar-refractivity contribution in [3.8, 4) is 0 Å². The predicted molar refractivity (Wildman–Crippen MR) is 96.7 cm³/mol. The van der Waals surface area contributed by atoms with E-state index in [1.807, 2.05) is 26.0 Å². The van der Waals surface area contributed by atoms with Crippen molar-refractivity contribution in [3.63, 3.8) is 0 Å². The molecule has 0 unspecified atom stereocenters. The Morgan fingerprint density at radius 2 is 1.96 bits per heavy atom. The van der Waals surface area contributed by atoms with Crippen LogP contribution in [-0.4, -0.2) is 5.11 Å². The summed E-state index contributed by atoms with van der Waals surface area (Å²) in [5.74, 6) is 0. The lowest BCUT2D eigenvalue weighted by Crippen LogP contribution is -2.07. The SMILES string of the molecule is Cc1ccc2c(CNc3cc(CO)ccc3Cl)cc(=O)oc2c1C. The Balaban J connectivity index is 1.99. The average molecular weight is 344 g/mol. The molecule has 4 nitrogen and oxygen atoms in total. The van der Waals surface area contributed by atoms with Gasteiger partial charge in [-0.25, -0.2) is 4.79 Å². The van der Waals surface area contributed by atoms with Crippen LogP contribution >= 0.6 is 11.6 Å². The first-order chi connectivity index (χ1) is 11.5. The van der Waals surface area contributed by atoms with Gasteiger partial charge in [0.05, 0.1) is 17.3 Å². The van der Waals surface area contributed by atoms with E-state index in [1.165, 1.54) is 6.07 Å². The molecule has 5 heteroatoms. The van der Waals surface area contributed by atoms with Crippen molar-refractivity contribution in [3.05, 3.63) is 74.1 Å². The maximum absolute atomic E-state index is 11.9. The molecule has 0 aliphatic carbocycles. The highest BCUT2D eigenvalue weighted by Crippen LogP contribution is 2.26. The van der Waals surface area contributed by atoms with Crippen LogP contribution in [0.4, 0.5) is 5.69 Å². The summed E-state index contributed by atoms with van der Waals surface area (Å²) in [7, 11) is 0. The summed E-state index contributed by atoms with van der Waals surface area (Å²) in [6.45, 7) is 4.31. The number of aryl methyl sites for hydroxylation is 2. The molecule has 0 saturated heterocycles. The molecule has 0 aliphatic heterocycles. The van der Waals surface area contributed by atoms with E-state index in [1.54, 1.807) is 18.2 Å². The van der Waals surface area contributed by atoms with Gasteiger partial charge in [0.25, 0.3) is 0 Å². The van der Waals surface area contributed by atoms with Gasteiger partial charge < -0.3 is 14.8 Å². The number of nitrogens with one attached hydrogen (secondary N) is 1. The molecule has 0 spiro atoms. The van der Waals surface area contributed by atoms with E-state index >= 15 is 0 Å². The number of aliphatic hydroxyl groups is 1. The summed E-state index contributed by atoms with van der Waals surface area (Å²) in [5, 5.41) is 13.9. The molecule has 0 radical (unpaired) electrons. The van der Waals surface area contributed by atoms with Crippen molar-refractivity contribution in [1.29, 1.82) is 0 Å². The van der Waals surface area contributed by atoms with E-state index < -0.39 is 0 Å². The van der Waals surface area contributed by atoms with Gasteiger partial charge in [-0.15, -0.1) is 0 Å². The van der Waals surface area contributed by atoms with E-state index in [4.69, 9.17) is 16.0 Å². The maximum atomic E-state index is 11.9. The summed E-state index contributed by atoms with van der Waals surface area (Å²) in [6.07, 6.45) is 0. The van der Waals surface area contributed by atoms with E-state index in [0.29, 0.717) is 22.8 Å². The summed E-state index contributed by atoms with van der Waals surface area (Å²) in [4.78, 5) is 11.9. The number of fused-ring (bicyclic) bond motifs is 1. The molecule has 0 saturated carbocycles. The zero-order chi connectivity index (χ0) is 17.3. The maximum Gasteiger partial charge on any atom is 0.336 e. The lowest BCUT2D eigenvalue weighted by Gasteiger charge is -2.12. The van der Waals surface area contributed by atoms with Crippen LogP contribution in [-0.2, 0) is 13.2 Å². The Labute approximate surface area is 144 Å². The Morgan fingerprint density at radius 1 is 1.17 bits per heavy atom. The fourth-order valence-corrected chi connectivity index (χ4v) is 2.85. The highest BCUT2D eigenvalue weighted by atomic mass is 35.5. The van der Waals surface area contributed by atoms with Crippen LogP contribution in [0.1, 0.15) is 22.3 Å². The van der Waals surface area contributed by atoms with Crippen molar-refractivity contribution in [2.75, 3.05) is 5.32 Å². The van der Waals surface area contributed by atoms with Gasteiger partial charge in [-0.05, 0) is 48.2 Å². The second-order valence-electron chi connectivity index (χ2n) is 5.80. The van der Waals surface area contributed by atoms with Gasteiger partial charge >= 0.3 is 5.63 Å². The zero-order valence-electron chi connectivity index (χ0n) is 13.5. The molecule has 2 aromatic carbocycles. The monoisotopic (exact) mass is 343 g/mol. The Kier molecular flexibility index (Phi) is 4.60. The zero-order valence-corrected chi connectivity index (χ0v) is 14.3. The second kappa shape index (κ2) is 6.67. The molecule has 0 amide bonds. The summed E-state index contributed by atoms with van der Waals surface area (Å²) >= 11 is 6.19. The van der Waals surface area contributed by atoms with Gasteiger partial charge in [0, 0.05) is 18.0 Å². The molecule has 1 heterocycles. The third-order valence-electron chi connectivity index (χ3n) is 4.20. The van der Waals surface area contributed by atoms with Crippen molar-refractivity contribution < 1.29 is 9.52 Å². The van der Waals surface area contributed by atoms with Crippen LogP contribution < -0.4 is 10.9 Å². The van der Waals surface area contributed by atoms with Gasteiger partial charge in [-0.3, -0.25) is 0 Å². The fraction of sp³-hybridized carbons (Fsp3) is 0.211. The first-order valence-corrected chi connectivity index (χ1v) is 8.03. The third kappa shape index (κ3) is 3.16. The van der Waals surface area contributed by atoms with Crippen molar-refractivity contribution in [2.24, 2.45) is 0 Å². The van der Waals surface area contributed by atoms with E-state index in [0.717, 1.165) is 27.6 Å². The average Bonchev–Trinajstić information content (AvgIpc) is 2.57. The number of hydrogen-bond donors (Lipinski definition) is 2. The normalized spacial score (nSPS) is 11.0. The lowest BCUT2D eigenvalue weighted by atomic mass is 10.0. The fourth-order valence-electron chi connectivity index (χ4n) is 2.67. The summed E-state index contributed by atoms with van der Waals surface area (Å²) in [6, 6.07) is 10.8. The van der Waals surface area contributed by atoms with Gasteiger partial charge in [-0.1, -0.05) is 29.8 Å². The topological polar surface area (TPSA) is 62.5 Å². The van der Waals surface area contributed by atoms with Crippen LogP contribution in [0, 0.1) is 13.8 Å². The molecule has 0 atom stereocenters. The van der Waals surface area contributed by atoms with Gasteiger partial charge in [0.1, 0.15) is 5.58 Å². The standard InChI is InChI=1S/C19H18ClNO3/c1-11-3-5-15-14(8-18(23)24-19(15)12(11)2)9-21-17-7-13(10-22)4-6-16(17)20/h3-8,21-22H,9-10H2,1-2H3. The number of anilines is 1. The molecule has 0 aliphatic rings. The van der Waals surface area contributed by atoms with Crippen molar-refractivity contribution in [2.45, 2.75) is 27.0 Å². The first-order valence-electron chi connectivity index (χ1n) is 7.65. The van der Waals surface area contributed by atoms with Crippen LogP contribution in [0.25, 0.3) is 11.0 Å². The number of aliphatic hydroxyl groups excluding tert-OH is 1. The van der Waals surface area contributed by atoms with Crippen LogP contribution in [0.3, 0.4) is 0 Å². The van der Waals surface area contributed by atoms with Crippen LogP contribution in [0.5, 0.6) is 0 Å². The summed E-state index contributed by atoms with van der Waals surface area (Å²) in [5.41, 5.74) is 4.62. The molecule has 3 aromatic rings. The van der Waals surface area contributed by atoms with E-state index in [2.05, 4.69) is 5.32 Å². The molecule has 1 aromatic heterocycles. The molecular weight excluding hydrogens is 326 g/mol. The Bertz CT molecular complexity index is 963. The third-order valence-corrected chi connectivity index (χ3v) is 4.53. The summed E-state index contributed by atoms with van der Waals surface area (Å²) < 4.78 is 5.38. The van der Waals surface area contributed by atoms with Crippen LogP contribution in [0.2, 0.25) is 5.02 Å². The van der Waals surface area contributed by atoms with Gasteiger partial charge in [-0.2, -0.15) is 0 Å². The molecular formula is C19H18ClNO3. The molecule has 0 bridgehead atoms. The highest BCUT2D eigenvalue weighted by Gasteiger charge is 2.10. The van der Waals surface area contributed by atoms with Gasteiger partial charge in [0.15, 0.2) is 0 Å². The molecule has 2 N–H and O–H groups in total. The minimum atomic E-state index is -0.372. The number of benzene rings is 2. The van der Waals surface area contributed by atoms with Gasteiger partial charge in [0.2, 0.25) is 0 Å². The quantitative estimate of drug-likeness (QED) is 0.698. The van der Waals surface area contributed by atoms with E-state index in [9.17, 15) is 9.90 Å². The van der Waals surface area contributed by atoms with Crippen molar-refractivity contribution >= 4 is 28.3 Å². The Morgan fingerprint density at radius 3 is 2.71 bits per heavy atom. The smallest absolute Gasteiger partial charge is 0.336 e. The minimum absolute atomic E-state index is 0.0534. The largest absolute Gasteiger partial charge is 0.422 e. The number of hydrogen-bond acceptors (Lipinski definition) is 4. The molecule has 24 heavy (non-hydrogen) atoms. The first kappa shape index (κ1) is 16.6. The second-order valence-corrected chi connectivity index (χ2v) is 6.21. The molecule has 124 valence electrons. The number of halogens is 1. The van der Waals surface area contributed by atoms with Crippen molar-refractivity contribution in [1.82, 2.24) is 0 Å². The predicted octanol–water partition coefficient (Wildman–Crippen LogP) is 4.17. The lowest BCUT2D eigenvalue weighted by molar-refractivity contribution is 0.282. The Hall–Kier alpha value is -2.30.